The molecule has 130 valence electrons. The van der Waals surface area contributed by atoms with Gasteiger partial charge in [-0.25, -0.2) is 4.39 Å². The van der Waals surface area contributed by atoms with Crippen molar-refractivity contribution in [2.75, 3.05) is 0 Å². The predicted octanol–water partition coefficient (Wildman–Crippen LogP) is 5.24. The van der Waals surface area contributed by atoms with E-state index < -0.39 is 5.82 Å². The summed E-state index contributed by atoms with van der Waals surface area (Å²) < 4.78 is 21.7. The summed E-state index contributed by atoms with van der Waals surface area (Å²) in [5, 5.41) is 9.18. The lowest BCUT2D eigenvalue weighted by molar-refractivity contribution is 0.290. The van der Waals surface area contributed by atoms with Crippen molar-refractivity contribution in [3.8, 4) is 5.75 Å². The molecule has 0 atom stereocenters. The van der Waals surface area contributed by atoms with Crippen LogP contribution < -0.4 is 4.74 Å². The first-order chi connectivity index (χ1) is 12.0. The van der Waals surface area contributed by atoms with Gasteiger partial charge in [-0.2, -0.15) is 0 Å². The molecule has 0 bridgehead atoms. The van der Waals surface area contributed by atoms with Gasteiger partial charge in [-0.3, -0.25) is 0 Å². The molecule has 3 aromatic rings. The van der Waals surface area contributed by atoms with Crippen LogP contribution >= 0.6 is 39.3 Å². The number of aromatic nitrogens is 3. The van der Waals surface area contributed by atoms with Crippen LogP contribution in [-0.2, 0) is 19.4 Å². The topological polar surface area (TPSA) is 39.9 Å². The number of nitrogens with zero attached hydrogens (tertiary/aromatic N) is 3. The summed E-state index contributed by atoms with van der Waals surface area (Å²) in [6, 6.07) is 12.4. The Bertz CT molecular complexity index is 873. The molecule has 1 heterocycles. The van der Waals surface area contributed by atoms with E-state index in [0.717, 1.165) is 15.4 Å². The molecular weight excluding hydrogens is 429 g/mol. The first-order valence-electron chi connectivity index (χ1n) is 7.36. The van der Waals surface area contributed by atoms with E-state index >= 15 is 0 Å². The van der Waals surface area contributed by atoms with Crippen molar-refractivity contribution < 1.29 is 9.13 Å². The highest BCUT2D eigenvalue weighted by Crippen LogP contribution is 2.24. The van der Waals surface area contributed by atoms with E-state index in [1.54, 1.807) is 11.8 Å². The molecule has 3 rings (SSSR count). The zero-order chi connectivity index (χ0) is 17.8. The quantitative estimate of drug-likeness (QED) is 0.489. The number of rotatable bonds is 6. The zero-order valence-electron chi connectivity index (χ0n) is 13.2. The summed E-state index contributed by atoms with van der Waals surface area (Å²) in [4.78, 5) is 0. The molecule has 0 amide bonds. The van der Waals surface area contributed by atoms with Gasteiger partial charge in [0.2, 0.25) is 0 Å². The Morgan fingerprint density at radius 2 is 1.96 bits per heavy atom. The largest absolute Gasteiger partial charge is 0.486 e. The molecule has 4 nitrogen and oxygen atoms in total. The van der Waals surface area contributed by atoms with Gasteiger partial charge in [0.15, 0.2) is 11.0 Å². The third-order valence-electron chi connectivity index (χ3n) is 3.47. The summed E-state index contributed by atoms with van der Waals surface area (Å²) in [5.41, 5.74) is 1.20. The molecule has 0 unspecified atom stereocenters. The van der Waals surface area contributed by atoms with Gasteiger partial charge in [-0.15, -0.1) is 10.2 Å². The highest BCUT2D eigenvalue weighted by molar-refractivity contribution is 9.10. The maximum atomic E-state index is 13.2. The van der Waals surface area contributed by atoms with Gasteiger partial charge < -0.3 is 9.30 Å². The fourth-order valence-electron chi connectivity index (χ4n) is 2.04. The van der Waals surface area contributed by atoms with Gasteiger partial charge in [0.05, 0.1) is 5.02 Å². The molecule has 0 aliphatic heterocycles. The summed E-state index contributed by atoms with van der Waals surface area (Å²) in [5.74, 6) is 1.49. The van der Waals surface area contributed by atoms with E-state index in [2.05, 4.69) is 38.3 Å². The van der Waals surface area contributed by atoms with Crippen LogP contribution in [0.3, 0.4) is 0 Å². The third-order valence-corrected chi connectivity index (χ3v) is 5.37. The van der Waals surface area contributed by atoms with E-state index in [1.807, 2.05) is 23.7 Å². The summed E-state index contributed by atoms with van der Waals surface area (Å²) in [6.45, 7) is 0.226. The SMILES string of the molecule is Cn1c(COc2ccc(F)c(Cl)c2)nnc1SCc1ccc(Br)cc1. The van der Waals surface area contributed by atoms with E-state index in [-0.39, 0.29) is 11.6 Å². The van der Waals surface area contributed by atoms with E-state index in [9.17, 15) is 4.39 Å². The normalized spacial score (nSPS) is 10.9. The maximum absolute atomic E-state index is 13.2. The van der Waals surface area contributed by atoms with E-state index in [1.165, 1.54) is 23.8 Å². The molecule has 0 aliphatic rings. The standard InChI is InChI=1S/C17H14BrClFN3OS/c1-23-16(9-24-13-6-7-15(20)14(19)8-13)21-22-17(23)25-10-11-2-4-12(18)5-3-11/h2-8H,9-10H2,1H3. The molecule has 1 aromatic heterocycles. The molecule has 2 aromatic carbocycles. The fourth-order valence-corrected chi connectivity index (χ4v) is 3.36. The highest BCUT2D eigenvalue weighted by atomic mass is 79.9. The second-order valence-corrected chi connectivity index (χ2v) is 7.50. The van der Waals surface area contributed by atoms with Crippen LogP contribution in [0.4, 0.5) is 4.39 Å². The Labute approximate surface area is 162 Å². The molecule has 25 heavy (non-hydrogen) atoms. The molecule has 0 saturated heterocycles. The van der Waals surface area contributed by atoms with Crippen molar-refractivity contribution in [2.45, 2.75) is 17.5 Å². The van der Waals surface area contributed by atoms with Gasteiger partial charge in [-0.05, 0) is 29.8 Å². The number of hydrogen-bond acceptors (Lipinski definition) is 4. The van der Waals surface area contributed by atoms with Crippen LogP contribution in [0.2, 0.25) is 5.02 Å². The van der Waals surface area contributed by atoms with Gasteiger partial charge in [-0.1, -0.05) is 51.4 Å². The van der Waals surface area contributed by atoms with E-state index in [4.69, 9.17) is 16.3 Å². The lowest BCUT2D eigenvalue weighted by atomic mass is 10.2. The van der Waals surface area contributed by atoms with Crippen LogP contribution in [0, 0.1) is 5.82 Å². The number of halogens is 3. The van der Waals surface area contributed by atoms with Gasteiger partial charge in [0.25, 0.3) is 0 Å². The zero-order valence-corrected chi connectivity index (χ0v) is 16.4. The lowest BCUT2D eigenvalue weighted by Crippen LogP contribution is -2.04. The van der Waals surface area contributed by atoms with Crippen LogP contribution in [0.25, 0.3) is 0 Å². The number of benzene rings is 2. The Morgan fingerprint density at radius 3 is 2.68 bits per heavy atom. The molecule has 0 radical (unpaired) electrons. The fraction of sp³-hybridized carbons (Fsp3) is 0.176. The predicted molar refractivity (Wildman–Crippen MR) is 100 cm³/mol. The van der Waals surface area contributed by atoms with Crippen molar-refractivity contribution >= 4 is 39.3 Å². The van der Waals surface area contributed by atoms with Crippen LogP contribution in [0.15, 0.2) is 52.1 Å². The molecule has 0 aliphatic carbocycles. The smallest absolute Gasteiger partial charge is 0.191 e. The first kappa shape index (κ1) is 18.2. The van der Waals surface area contributed by atoms with Crippen LogP contribution in [0.5, 0.6) is 5.75 Å². The second-order valence-electron chi connectivity index (χ2n) is 5.24. The lowest BCUT2D eigenvalue weighted by Gasteiger charge is -2.07. The first-order valence-corrected chi connectivity index (χ1v) is 9.52. The third kappa shape index (κ3) is 4.74. The monoisotopic (exact) mass is 441 g/mol. The van der Waals surface area contributed by atoms with Crippen molar-refractivity contribution in [1.82, 2.24) is 14.8 Å². The Hall–Kier alpha value is -1.57. The Kier molecular flexibility index (Phi) is 5.98. The average molecular weight is 443 g/mol. The minimum atomic E-state index is -0.473. The Morgan fingerprint density at radius 1 is 1.20 bits per heavy atom. The molecule has 8 heteroatoms. The molecular formula is C17H14BrClFN3OS. The average Bonchev–Trinajstić information content (AvgIpc) is 2.95. The number of thioether (sulfide) groups is 1. The Balaban J connectivity index is 1.60. The maximum Gasteiger partial charge on any atom is 0.191 e. The van der Waals surface area contributed by atoms with Crippen molar-refractivity contribution in [1.29, 1.82) is 0 Å². The summed E-state index contributed by atoms with van der Waals surface area (Å²) in [7, 11) is 1.89. The summed E-state index contributed by atoms with van der Waals surface area (Å²) in [6.07, 6.45) is 0. The van der Waals surface area contributed by atoms with Gasteiger partial charge >= 0.3 is 0 Å². The second kappa shape index (κ2) is 8.21. The number of hydrogen-bond donors (Lipinski definition) is 0. The summed E-state index contributed by atoms with van der Waals surface area (Å²) >= 11 is 10.8. The minimum absolute atomic E-state index is 0.0289. The highest BCUT2D eigenvalue weighted by Gasteiger charge is 2.11. The van der Waals surface area contributed by atoms with Crippen molar-refractivity contribution in [3.05, 3.63) is 69.2 Å². The van der Waals surface area contributed by atoms with E-state index in [0.29, 0.717) is 11.6 Å². The minimum Gasteiger partial charge on any atom is -0.486 e. The van der Waals surface area contributed by atoms with Gasteiger partial charge in [0.1, 0.15) is 18.2 Å². The van der Waals surface area contributed by atoms with Crippen molar-refractivity contribution in [2.24, 2.45) is 7.05 Å². The number of ether oxygens (including phenoxy) is 1. The molecule has 0 fully saturated rings. The molecule has 0 saturated carbocycles. The van der Waals surface area contributed by atoms with Crippen LogP contribution in [0.1, 0.15) is 11.4 Å². The van der Waals surface area contributed by atoms with Gasteiger partial charge in [0, 0.05) is 23.3 Å². The van der Waals surface area contributed by atoms with Crippen LogP contribution in [-0.4, -0.2) is 14.8 Å². The molecule has 0 N–H and O–H groups in total. The van der Waals surface area contributed by atoms with Crippen molar-refractivity contribution in [3.63, 3.8) is 0 Å². The molecule has 0 spiro atoms.